The zero-order valence-corrected chi connectivity index (χ0v) is 11.7. The largest absolute Gasteiger partial charge is 0.310 e. The van der Waals surface area contributed by atoms with Gasteiger partial charge in [-0.05, 0) is 54.8 Å². The summed E-state index contributed by atoms with van der Waals surface area (Å²) in [5, 5.41) is 3.39. The van der Waals surface area contributed by atoms with Gasteiger partial charge in [-0.25, -0.2) is 4.39 Å². The topological polar surface area (TPSA) is 12.0 Å². The molecular formula is C17H20FN. The Morgan fingerprint density at radius 1 is 1.11 bits per heavy atom. The van der Waals surface area contributed by atoms with Crippen molar-refractivity contribution in [2.45, 2.75) is 26.8 Å². The molecule has 0 bridgehead atoms. The molecule has 1 nitrogen and oxygen atoms in total. The first-order valence-electron chi connectivity index (χ1n) is 6.72. The molecule has 2 heteroatoms. The van der Waals surface area contributed by atoms with Gasteiger partial charge in [-0.15, -0.1) is 0 Å². The number of nitrogens with one attached hydrogen (secondary N) is 1. The first-order chi connectivity index (χ1) is 9.13. The van der Waals surface area contributed by atoms with E-state index < -0.39 is 0 Å². The first kappa shape index (κ1) is 13.8. The number of hydrogen-bond acceptors (Lipinski definition) is 1. The molecule has 100 valence electrons. The van der Waals surface area contributed by atoms with Crippen LogP contribution in [0.3, 0.4) is 0 Å². The van der Waals surface area contributed by atoms with Crippen molar-refractivity contribution in [3.63, 3.8) is 0 Å². The van der Waals surface area contributed by atoms with Crippen LogP contribution in [0.2, 0.25) is 0 Å². The highest BCUT2D eigenvalue weighted by molar-refractivity contribution is 5.71. The lowest BCUT2D eigenvalue weighted by Crippen LogP contribution is -2.18. The predicted molar refractivity (Wildman–Crippen MR) is 78.7 cm³/mol. The van der Waals surface area contributed by atoms with Crippen LogP contribution in [0.15, 0.2) is 42.5 Å². The number of benzene rings is 2. The van der Waals surface area contributed by atoms with E-state index in [9.17, 15) is 4.39 Å². The van der Waals surface area contributed by atoms with Gasteiger partial charge in [-0.3, -0.25) is 0 Å². The lowest BCUT2D eigenvalue weighted by atomic mass is 9.93. The molecule has 0 saturated carbocycles. The van der Waals surface area contributed by atoms with E-state index >= 15 is 0 Å². The minimum Gasteiger partial charge on any atom is -0.310 e. The van der Waals surface area contributed by atoms with Gasteiger partial charge in [0.15, 0.2) is 0 Å². The summed E-state index contributed by atoms with van der Waals surface area (Å²) in [6, 6.07) is 13.4. The van der Waals surface area contributed by atoms with E-state index in [1.807, 2.05) is 24.3 Å². The lowest BCUT2D eigenvalue weighted by molar-refractivity contribution is 0.593. The molecular weight excluding hydrogens is 237 g/mol. The van der Waals surface area contributed by atoms with Crippen molar-refractivity contribution >= 4 is 0 Å². The second kappa shape index (κ2) is 5.98. The Balaban J connectivity index is 2.55. The molecule has 1 unspecified atom stereocenters. The van der Waals surface area contributed by atoms with E-state index in [2.05, 4.69) is 32.2 Å². The van der Waals surface area contributed by atoms with Crippen LogP contribution in [0.25, 0.3) is 11.1 Å². The van der Waals surface area contributed by atoms with Crippen LogP contribution in [-0.2, 0) is 0 Å². The molecule has 2 aromatic rings. The van der Waals surface area contributed by atoms with Crippen molar-refractivity contribution in [1.82, 2.24) is 5.32 Å². The van der Waals surface area contributed by atoms with Crippen LogP contribution < -0.4 is 5.32 Å². The van der Waals surface area contributed by atoms with Gasteiger partial charge in [0.2, 0.25) is 0 Å². The Morgan fingerprint density at radius 3 is 2.53 bits per heavy atom. The third kappa shape index (κ3) is 3.02. The van der Waals surface area contributed by atoms with Gasteiger partial charge in [0.05, 0.1) is 0 Å². The maximum absolute atomic E-state index is 13.6. The minimum atomic E-state index is -0.189. The van der Waals surface area contributed by atoms with Gasteiger partial charge in [0, 0.05) is 6.04 Å². The summed E-state index contributed by atoms with van der Waals surface area (Å²) in [5.41, 5.74) is 4.38. The van der Waals surface area contributed by atoms with Crippen LogP contribution in [-0.4, -0.2) is 6.54 Å². The van der Waals surface area contributed by atoms with E-state index in [1.165, 1.54) is 6.07 Å². The Hall–Kier alpha value is -1.67. The number of halogens is 1. The smallest absolute Gasteiger partial charge is 0.123 e. The summed E-state index contributed by atoms with van der Waals surface area (Å²) in [6.07, 6.45) is 0. The summed E-state index contributed by atoms with van der Waals surface area (Å²) in [5.74, 6) is -0.189. The predicted octanol–water partition coefficient (Wildman–Crippen LogP) is 4.47. The fourth-order valence-electron chi connectivity index (χ4n) is 2.43. The fourth-order valence-corrected chi connectivity index (χ4v) is 2.43. The molecule has 0 fully saturated rings. The van der Waals surface area contributed by atoms with Crippen LogP contribution in [0.1, 0.15) is 31.0 Å². The van der Waals surface area contributed by atoms with Crippen LogP contribution in [0.4, 0.5) is 4.39 Å². The molecule has 0 aliphatic carbocycles. The number of aryl methyl sites for hydroxylation is 1. The summed E-state index contributed by atoms with van der Waals surface area (Å²) in [6.45, 7) is 7.14. The maximum atomic E-state index is 13.6. The monoisotopic (exact) mass is 257 g/mol. The molecule has 0 aliphatic rings. The van der Waals surface area contributed by atoms with Crippen molar-refractivity contribution in [3.8, 4) is 11.1 Å². The molecule has 0 spiro atoms. The van der Waals surface area contributed by atoms with Crippen molar-refractivity contribution in [2.75, 3.05) is 6.54 Å². The van der Waals surface area contributed by atoms with E-state index in [0.717, 1.165) is 28.8 Å². The molecule has 1 N–H and O–H groups in total. The highest BCUT2D eigenvalue weighted by Crippen LogP contribution is 2.31. The standard InChI is InChI=1S/C17H20FN/c1-4-19-13(3)16-10-9-14(18)11-17(16)15-8-6-5-7-12(15)2/h5-11,13,19H,4H2,1-3H3. The Kier molecular flexibility index (Phi) is 4.33. The molecule has 0 saturated heterocycles. The zero-order chi connectivity index (χ0) is 13.8. The van der Waals surface area contributed by atoms with E-state index in [-0.39, 0.29) is 11.9 Å². The van der Waals surface area contributed by atoms with E-state index in [0.29, 0.717) is 0 Å². The molecule has 0 heterocycles. The summed E-state index contributed by atoms with van der Waals surface area (Å²) in [4.78, 5) is 0. The van der Waals surface area contributed by atoms with Gasteiger partial charge < -0.3 is 5.32 Å². The average molecular weight is 257 g/mol. The number of hydrogen-bond donors (Lipinski definition) is 1. The summed E-state index contributed by atoms with van der Waals surface area (Å²) in [7, 11) is 0. The summed E-state index contributed by atoms with van der Waals surface area (Å²) < 4.78 is 13.6. The van der Waals surface area contributed by atoms with Crippen LogP contribution in [0, 0.1) is 12.7 Å². The molecule has 0 radical (unpaired) electrons. The third-order valence-electron chi connectivity index (χ3n) is 3.43. The van der Waals surface area contributed by atoms with Gasteiger partial charge in [0.1, 0.15) is 5.82 Å². The van der Waals surface area contributed by atoms with Crippen molar-refractivity contribution in [3.05, 3.63) is 59.4 Å². The van der Waals surface area contributed by atoms with Gasteiger partial charge in [0.25, 0.3) is 0 Å². The van der Waals surface area contributed by atoms with Crippen molar-refractivity contribution < 1.29 is 4.39 Å². The normalized spacial score (nSPS) is 12.4. The van der Waals surface area contributed by atoms with Crippen molar-refractivity contribution in [1.29, 1.82) is 0 Å². The van der Waals surface area contributed by atoms with Gasteiger partial charge >= 0.3 is 0 Å². The second-order valence-corrected chi connectivity index (χ2v) is 4.83. The first-order valence-corrected chi connectivity index (χ1v) is 6.72. The highest BCUT2D eigenvalue weighted by atomic mass is 19.1. The Labute approximate surface area is 114 Å². The van der Waals surface area contributed by atoms with Crippen LogP contribution in [0.5, 0.6) is 0 Å². The van der Waals surface area contributed by atoms with Crippen LogP contribution >= 0.6 is 0 Å². The quantitative estimate of drug-likeness (QED) is 0.852. The molecule has 1 atom stereocenters. The Bertz CT molecular complexity index is 563. The molecule has 19 heavy (non-hydrogen) atoms. The fraction of sp³-hybridized carbons (Fsp3) is 0.294. The van der Waals surface area contributed by atoms with Gasteiger partial charge in [-0.2, -0.15) is 0 Å². The highest BCUT2D eigenvalue weighted by Gasteiger charge is 2.13. The Morgan fingerprint density at radius 2 is 1.84 bits per heavy atom. The SMILES string of the molecule is CCNC(C)c1ccc(F)cc1-c1ccccc1C. The van der Waals surface area contributed by atoms with E-state index in [4.69, 9.17) is 0 Å². The van der Waals surface area contributed by atoms with Crippen molar-refractivity contribution in [2.24, 2.45) is 0 Å². The molecule has 0 amide bonds. The third-order valence-corrected chi connectivity index (χ3v) is 3.43. The zero-order valence-electron chi connectivity index (χ0n) is 11.7. The second-order valence-electron chi connectivity index (χ2n) is 4.83. The maximum Gasteiger partial charge on any atom is 0.123 e. The summed E-state index contributed by atoms with van der Waals surface area (Å²) >= 11 is 0. The average Bonchev–Trinajstić information content (AvgIpc) is 2.39. The molecule has 0 aromatic heterocycles. The van der Waals surface area contributed by atoms with Gasteiger partial charge in [-0.1, -0.05) is 37.3 Å². The molecule has 0 aliphatic heterocycles. The minimum absolute atomic E-state index is 0.189. The molecule has 2 aromatic carbocycles. The lowest BCUT2D eigenvalue weighted by Gasteiger charge is -2.18. The molecule has 2 rings (SSSR count). The van der Waals surface area contributed by atoms with E-state index in [1.54, 1.807) is 6.07 Å². The number of rotatable bonds is 4.